The monoisotopic (exact) mass is 316 g/mol. The fraction of sp³-hybridized carbons (Fsp3) is 0.500. The number of nitrogens with one attached hydrogen (secondary N) is 1. The molecule has 0 radical (unpaired) electrons. The fourth-order valence-electron chi connectivity index (χ4n) is 2.41. The molecule has 2 rings (SSSR count). The van der Waals surface area contributed by atoms with Crippen LogP contribution in [0.1, 0.15) is 37.0 Å². The number of likely N-dealkylation sites (tertiary alicyclic amines) is 1. The third-order valence-electron chi connectivity index (χ3n) is 3.81. The Morgan fingerprint density at radius 1 is 1.57 bits per heavy atom. The van der Waals surface area contributed by atoms with Gasteiger partial charge in [0, 0.05) is 24.2 Å². The molecule has 1 aliphatic rings. The van der Waals surface area contributed by atoms with E-state index in [2.05, 4.69) is 10.3 Å². The standard InChI is InChI=1S/C16H20N4O3/c1-11(2)14(21)19-13-9-12(3-7-18-13)15(22)20-8-5-16(23,10-20)4-6-17/h3,7,9,11,23H,4-5,8,10H2,1-2H3,(H,18,19,21). The highest BCUT2D eigenvalue weighted by Gasteiger charge is 2.38. The number of rotatable bonds is 4. The molecule has 1 saturated heterocycles. The van der Waals surface area contributed by atoms with Crippen molar-refractivity contribution in [3.63, 3.8) is 0 Å². The number of hydrogen-bond donors (Lipinski definition) is 2. The highest BCUT2D eigenvalue weighted by Crippen LogP contribution is 2.25. The first-order valence-electron chi connectivity index (χ1n) is 7.50. The van der Waals surface area contributed by atoms with Crippen LogP contribution < -0.4 is 5.32 Å². The molecule has 0 aromatic carbocycles. The predicted octanol–water partition coefficient (Wildman–Crippen LogP) is 1.17. The molecule has 23 heavy (non-hydrogen) atoms. The first-order valence-corrected chi connectivity index (χ1v) is 7.50. The van der Waals surface area contributed by atoms with Crippen molar-refractivity contribution in [1.82, 2.24) is 9.88 Å². The SMILES string of the molecule is CC(C)C(=O)Nc1cc(C(=O)N2CCC(O)(CC#N)C2)ccn1. The minimum atomic E-state index is -1.13. The number of pyridine rings is 1. The third kappa shape index (κ3) is 4.05. The number of nitrogens with zero attached hydrogens (tertiary/aromatic N) is 3. The molecule has 7 nitrogen and oxygen atoms in total. The second kappa shape index (κ2) is 6.75. The Kier molecular flexibility index (Phi) is 4.96. The molecule has 0 spiro atoms. The van der Waals surface area contributed by atoms with Crippen molar-refractivity contribution >= 4 is 17.6 Å². The lowest BCUT2D eigenvalue weighted by molar-refractivity contribution is -0.118. The maximum Gasteiger partial charge on any atom is 0.254 e. The number of carbonyl (C=O) groups is 2. The van der Waals surface area contributed by atoms with Gasteiger partial charge < -0.3 is 15.3 Å². The number of carbonyl (C=O) groups excluding carboxylic acids is 2. The molecule has 1 atom stereocenters. The van der Waals surface area contributed by atoms with Crippen LogP contribution in [0.5, 0.6) is 0 Å². The normalized spacial score (nSPS) is 20.4. The summed E-state index contributed by atoms with van der Waals surface area (Å²) in [5, 5.41) is 21.6. The van der Waals surface area contributed by atoms with Crippen LogP contribution in [-0.4, -0.2) is 45.5 Å². The molecular weight excluding hydrogens is 296 g/mol. The predicted molar refractivity (Wildman–Crippen MR) is 83.4 cm³/mol. The van der Waals surface area contributed by atoms with Crippen LogP contribution in [0.2, 0.25) is 0 Å². The van der Waals surface area contributed by atoms with Gasteiger partial charge in [0.15, 0.2) is 0 Å². The van der Waals surface area contributed by atoms with E-state index < -0.39 is 5.60 Å². The number of amides is 2. The van der Waals surface area contributed by atoms with Crippen LogP contribution in [0, 0.1) is 17.2 Å². The molecule has 1 aromatic rings. The largest absolute Gasteiger partial charge is 0.387 e. The summed E-state index contributed by atoms with van der Waals surface area (Å²) in [5.41, 5.74) is -0.744. The van der Waals surface area contributed by atoms with E-state index in [9.17, 15) is 14.7 Å². The molecule has 1 fully saturated rings. The fourth-order valence-corrected chi connectivity index (χ4v) is 2.41. The molecule has 1 aliphatic heterocycles. The van der Waals surface area contributed by atoms with Gasteiger partial charge in [-0.05, 0) is 18.6 Å². The number of β-amino-alcohol motifs (C(OH)–C–C–N with tert-alkyl or cyclic N) is 1. The van der Waals surface area contributed by atoms with Gasteiger partial charge in [0.05, 0.1) is 24.6 Å². The van der Waals surface area contributed by atoms with E-state index in [-0.39, 0.29) is 30.7 Å². The summed E-state index contributed by atoms with van der Waals surface area (Å²) in [5.74, 6) is -0.287. The zero-order valence-electron chi connectivity index (χ0n) is 13.2. The first kappa shape index (κ1) is 16.9. The second-order valence-corrected chi connectivity index (χ2v) is 6.11. The molecule has 2 N–H and O–H groups in total. The van der Waals surface area contributed by atoms with Gasteiger partial charge in [0.1, 0.15) is 5.82 Å². The van der Waals surface area contributed by atoms with Crippen LogP contribution in [0.15, 0.2) is 18.3 Å². The highest BCUT2D eigenvalue weighted by atomic mass is 16.3. The van der Waals surface area contributed by atoms with Gasteiger partial charge in [-0.2, -0.15) is 5.26 Å². The van der Waals surface area contributed by atoms with Crippen LogP contribution in [0.25, 0.3) is 0 Å². The van der Waals surface area contributed by atoms with Crippen molar-refractivity contribution in [2.24, 2.45) is 5.92 Å². The van der Waals surface area contributed by atoms with Crippen molar-refractivity contribution in [2.45, 2.75) is 32.3 Å². The van der Waals surface area contributed by atoms with Crippen molar-refractivity contribution in [1.29, 1.82) is 5.26 Å². The van der Waals surface area contributed by atoms with Gasteiger partial charge in [-0.1, -0.05) is 13.8 Å². The topological polar surface area (TPSA) is 106 Å². The van der Waals surface area contributed by atoms with Gasteiger partial charge in [0.2, 0.25) is 5.91 Å². The lowest BCUT2D eigenvalue weighted by Gasteiger charge is -2.20. The van der Waals surface area contributed by atoms with Crippen LogP contribution in [-0.2, 0) is 4.79 Å². The smallest absolute Gasteiger partial charge is 0.254 e. The molecule has 122 valence electrons. The van der Waals surface area contributed by atoms with E-state index >= 15 is 0 Å². The van der Waals surface area contributed by atoms with E-state index in [0.717, 1.165) is 0 Å². The molecular formula is C16H20N4O3. The molecule has 1 aromatic heterocycles. The maximum atomic E-state index is 12.5. The summed E-state index contributed by atoms with van der Waals surface area (Å²) >= 11 is 0. The van der Waals surface area contributed by atoms with Crippen molar-refractivity contribution in [3.8, 4) is 6.07 Å². The Morgan fingerprint density at radius 3 is 2.96 bits per heavy atom. The molecule has 0 aliphatic carbocycles. The van der Waals surface area contributed by atoms with Gasteiger partial charge in [-0.15, -0.1) is 0 Å². The van der Waals surface area contributed by atoms with Gasteiger partial charge in [-0.3, -0.25) is 9.59 Å². The summed E-state index contributed by atoms with van der Waals surface area (Å²) in [6, 6.07) is 5.03. The van der Waals surface area contributed by atoms with E-state index in [1.165, 1.54) is 17.2 Å². The molecule has 0 bridgehead atoms. The zero-order chi connectivity index (χ0) is 17.0. The van der Waals surface area contributed by atoms with Gasteiger partial charge in [-0.25, -0.2) is 4.98 Å². The van der Waals surface area contributed by atoms with Crippen molar-refractivity contribution in [2.75, 3.05) is 18.4 Å². The van der Waals surface area contributed by atoms with Crippen LogP contribution in [0.3, 0.4) is 0 Å². The Bertz CT molecular complexity index is 653. The summed E-state index contributed by atoms with van der Waals surface area (Å²) in [6.45, 7) is 4.07. The Hall–Kier alpha value is -2.46. The van der Waals surface area contributed by atoms with Gasteiger partial charge in [0.25, 0.3) is 5.91 Å². The number of nitriles is 1. The van der Waals surface area contributed by atoms with E-state index in [1.54, 1.807) is 19.9 Å². The van der Waals surface area contributed by atoms with E-state index in [4.69, 9.17) is 5.26 Å². The molecule has 2 amide bonds. The molecule has 1 unspecified atom stereocenters. The minimum Gasteiger partial charge on any atom is -0.387 e. The van der Waals surface area contributed by atoms with Crippen LogP contribution >= 0.6 is 0 Å². The van der Waals surface area contributed by atoms with Crippen molar-refractivity contribution < 1.29 is 14.7 Å². The summed E-state index contributed by atoms with van der Waals surface area (Å²) in [4.78, 5) is 29.7. The number of aromatic nitrogens is 1. The average Bonchev–Trinajstić information content (AvgIpc) is 2.89. The lowest BCUT2D eigenvalue weighted by atomic mass is 10.0. The second-order valence-electron chi connectivity index (χ2n) is 6.11. The molecule has 0 saturated carbocycles. The zero-order valence-corrected chi connectivity index (χ0v) is 13.2. The number of aliphatic hydroxyl groups is 1. The summed E-state index contributed by atoms with van der Waals surface area (Å²) in [6.07, 6.45) is 1.85. The highest BCUT2D eigenvalue weighted by molar-refractivity contribution is 5.97. The molecule has 7 heteroatoms. The lowest BCUT2D eigenvalue weighted by Crippen LogP contribution is -2.35. The van der Waals surface area contributed by atoms with Gasteiger partial charge >= 0.3 is 0 Å². The number of hydrogen-bond acceptors (Lipinski definition) is 5. The van der Waals surface area contributed by atoms with Crippen LogP contribution in [0.4, 0.5) is 5.82 Å². The average molecular weight is 316 g/mol. The minimum absolute atomic E-state index is 0.00280. The van der Waals surface area contributed by atoms with Crippen molar-refractivity contribution in [3.05, 3.63) is 23.9 Å². The first-order chi connectivity index (χ1) is 10.8. The third-order valence-corrected chi connectivity index (χ3v) is 3.81. The van der Waals surface area contributed by atoms with E-state index in [0.29, 0.717) is 24.3 Å². The summed E-state index contributed by atoms with van der Waals surface area (Å²) in [7, 11) is 0. The number of anilines is 1. The summed E-state index contributed by atoms with van der Waals surface area (Å²) < 4.78 is 0. The van der Waals surface area contributed by atoms with E-state index in [1.807, 2.05) is 6.07 Å². The quantitative estimate of drug-likeness (QED) is 0.867. The Labute approximate surface area is 134 Å². The Morgan fingerprint density at radius 2 is 2.30 bits per heavy atom. The maximum absolute atomic E-state index is 12.5. The Balaban J connectivity index is 2.09. The molecule has 2 heterocycles.